The number of furan rings is 1. The van der Waals surface area contributed by atoms with Crippen molar-refractivity contribution in [3.8, 4) is 56.4 Å². The normalized spacial score (nSPS) is 11.3. The summed E-state index contributed by atoms with van der Waals surface area (Å²) in [4.78, 5) is 14.7. The van der Waals surface area contributed by atoms with E-state index in [0.717, 1.165) is 55.3 Å². The number of aryl methyl sites for hydroxylation is 1. The molecule has 2 heterocycles. The van der Waals surface area contributed by atoms with Crippen molar-refractivity contribution in [3.05, 3.63) is 151 Å². The van der Waals surface area contributed by atoms with E-state index in [1.54, 1.807) is 0 Å². The molecule has 0 saturated carbocycles. The first kappa shape index (κ1) is 25.8. The van der Waals surface area contributed by atoms with Gasteiger partial charge in [0.05, 0.1) is 0 Å². The fourth-order valence-corrected chi connectivity index (χ4v) is 5.78. The van der Waals surface area contributed by atoms with Crippen LogP contribution in [0.4, 0.5) is 0 Å². The molecule has 6 aromatic carbocycles. The molecule has 4 heteroatoms. The Morgan fingerprint density at radius 1 is 0.386 bits per heavy atom. The minimum absolute atomic E-state index is 0.644. The van der Waals surface area contributed by atoms with E-state index in [-0.39, 0.29) is 0 Å². The molecule has 0 aliphatic rings. The first-order chi connectivity index (χ1) is 21.7. The Bertz CT molecular complexity index is 2230. The number of para-hydroxylation sites is 1. The van der Waals surface area contributed by atoms with Gasteiger partial charge in [0.15, 0.2) is 17.5 Å². The largest absolute Gasteiger partial charge is 0.456 e. The number of rotatable bonds is 5. The van der Waals surface area contributed by atoms with Crippen LogP contribution in [0.25, 0.3) is 78.4 Å². The Kier molecular flexibility index (Phi) is 6.31. The average molecular weight is 566 g/mol. The van der Waals surface area contributed by atoms with E-state index in [0.29, 0.717) is 17.5 Å². The average Bonchev–Trinajstić information content (AvgIpc) is 3.47. The van der Waals surface area contributed by atoms with Crippen molar-refractivity contribution in [1.82, 2.24) is 15.0 Å². The number of benzene rings is 6. The van der Waals surface area contributed by atoms with E-state index < -0.39 is 0 Å². The Labute approximate surface area is 255 Å². The van der Waals surface area contributed by atoms with Crippen LogP contribution in [-0.2, 0) is 0 Å². The molecule has 0 saturated heterocycles. The van der Waals surface area contributed by atoms with Crippen molar-refractivity contribution < 1.29 is 4.42 Å². The van der Waals surface area contributed by atoms with Gasteiger partial charge in [-0.25, -0.2) is 15.0 Å². The molecule has 0 fully saturated rings. The number of aromatic nitrogens is 3. The maximum absolute atomic E-state index is 6.07. The van der Waals surface area contributed by atoms with Gasteiger partial charge < -0.3 is 4.42 Å². The third kappa shape index (κ3) is 4.73. The lowest BCUT2D eigenvalue weighted by molar-refractivity contribution is 0.669. The zero-order chi connectivity index (χ0) is 29.5. The summed E-state index contributed by atoms with van der Waals surface area (Å²) in [6, 6.07) is 49.9. The molecule has 4 nitrogen and oxygen atoms in total. The molecule has 0 atom stereocenters. The van der Waals surface area contributed by atoms with Crippen molar-refractivity contribution in [2.45, 2.75) is 6.92 Å². The molecule has 0 N–H and O–H groups in total. The Morgan fingerprint density at radius 2 is 0.932 bits per heavy atom. The molecule has 0 aliphatic heterocycles. The lowest BCUT2D eigenvalue weighted by atomic mass is 9.93. The number of hydrogen-bond acceptors (Lipinski definition) is 4. The molecule has 0 aliphatic carbocycles. The third-order valence-electron chi connectivity index (χ3n) is 8.08. The first-order valence-corrected chi connectivity index (χ1v) is 14.7. The molecule has 0 unspecified atom stereocenters. The summed E-state index contributed by atoms with van der Waals surface area (Å²) in [6.07, 6.45) is 0. The summed E-state index contributed by atoms with van der Waals surface area (Å²) in [6.45, 7) is 2.16. The van der Waals surface area contributed by atoms with Gasteiger partial charge in [0.2, 0.25) is 0 Å². The molecule has 0 spiro atoms. The standard InChI is InChI=1S/C40H27N3O/c1-26-19-20-29(30-21-22-37-35(25-30)33-17-8-9-18-36(33)44-37)24-34(26)31-15-10-16-32(23-31)40-42-38(27-11-4-2-5-12-27)41-39(43-40)28-13-6-3-7-14-28/h2-25H,1H3. The van der Waals surface area contributed by atoms with E-state index in [1.165, 1.54) is 11.1 Å². The topological polar surface area (TPSA) is 51.8 Å². The van der Waals surface area contributed by atoms with E-state index >= 15 is 0 Å². The molecule has 8 rings (SSSR count). The lowest BCUT2D eigenvalue weighted by Gasteiger charge is -2.12. The summed E-state index contributed by atoms with van der Waals surface area (Å²) >= 11 is 0. The van der Waals surface area contributed by atoms with E-state index in [4.69, 9.17) is 19.4 Å². The van der Waals surface area contributed by atoms with Gasteiger partial charge in [0, 0.05) is 27.5 Å². The smallest absolute Gasteiger partial charge is 0.164 e. The van der Waals surface area contributed by atoms with Crippen LogP contribution in [0.3, 0.4) is 0 Å². The summed E-state index contributed by atoms with van der Waals surface area (Å²) in [5.74, 6) is 1.95. The van der Waals surface area contributed by atoms with Crippen molar-refractivity contribution in [2.24, 2.45) is 0 Å². The maximum atomic E-state index is 6.07. The second kappa shape index (κ2) is 10.8. The van der Waals surface area contributed by atoms with Gasteiger partial charge in [0.25, 0.3) is 0 Å². The fraction of sp³-hybridized carbons (Fsp3) is 0.0250. The first-order valence-electron chi connectivity index (χ1n) is 14.7. The van der Waals surface area contributed by atoms with Crippen LogP contribution in [0.2, 0.25) is 0 Å². The van der Waals surface area contributed by atoms with E-state index in [1.807, 2.05) is 72.8 Å². The molecule has 44 heavy (non-hydrogen) atoms. The van der Waals surface area contributed by atoms with Crippen molar-refractivity contribution in [3.63, 3.8) is 0 Å². The van der Waals surface area contributed by atoms with Gasteiger partial charge in [-0.1, -0.05) is 115 Å². The van der Waals surface area contributed by atoms with Crippen LogP contribution >= 0.6 is 0 Å². The van der Waals surface area contributed by atoms with Crippen molar-refractivity contribution >= 4 is 21.9 Å². The van der Waals surface area contributed by atoms with Crippen LogP contribution in [0.5, 0.6) is 0 Å². The molecule has 2 aromatic heterocycles. The third-order valence-corrected chi connectivity index (χ3v) is 8.08. The predicted octanol–water partition coefficient (Wildman–Crippen LogP) is 10.4. The minimum Gasteiger partial charge on any atom is -0.456 e. The summed E-state index contributed by atoms with van der Waals surface area (Å²) in [7, 11) is 0. The molecule has 0 radical (unpaired) electrons. The molecular weight excluding hydrogens is 538 g/mol. The van der Waals surface area contributed by atoms with Gasteiger partial charge in [0.1, 0.15) is 11.2 Å². The number of hydrogen-bond donors (Lipinski definition) is 0. The highest BCUT2D eigenvalue weighted by Crippen LogP contribution is 2.35. The lowest BCUT2D eigenvalue weighted by Crippen LogP contribution is -2.00. The predicted molar refractivity (Wildman–Crippen MR) is 179 cm³/mol. The van der Waals surface area contributed by atoms with Crippen molar-refractivity contribution in [2.75, 3.05) is 0 Å². The Balaban J connectivity index is 1.22. The zero-order valence-electron chi connectivity index (χ0n) is 24.1. The maximum Gasteiger partial charge on any atom is 0.164 e. The van der Waals surface area contributed by atoms with Crippen LogP contribution in [0.15, 0.2) is 150 Å². The highest BCUT2D eigenvalue weighted by molar-refractivity contribution is 6.06. The minimum atomic E-state index is 0.644. The highest BCUT2D eigenvalue weighted by Gasteiger charge is 2.14. The molecule has 0 amide bonds. The van der Waals surface area contributed by atoms with Gasteiger partial charge in [-0.05, 0) is 65.1 Å². The van der Waals surface area contributed by atoms with E-state index in [2.05, 4.69) is 79.7 Å². The molecular formula is C40H27N3O. The Hall–Kier alpha value is -5.87. The number of nitrogens with zero attached hydrogens (tertiary/aromatic N) is 3. The second-order valence-electron chi connectivity index (χ2n) is 11.0. The van der Waals surface area contributed by atoms with Crippen LogP contribution in [-0.4, -0.2) is 15.0 Å². The summed E-state index contributed by atoms with van der Waals surface area (Å²) < 4.78 is 6.07. The fourth-order valence-electron chi connectivity index (χ4n) is 5.78. The van der Waals surface area contributed by atoms with Crippen LogP contribution in [0.1, 0.15) is 5.56 Å². The van der Waals surface area contributed by atoms with Crippen molar-refractivity contribution in [1.29, 1.82) is 0 Å². The molecule has 8 aromatic rings. The van der Waals surface area contributed by atoms with Gasteiger partial charge in [-0.3, -0.25) is 0 Å². The molecule has 0 bridgehead atoms. The van der Waals surface area contributed by atoms with Gasteiger partial charge in [-0.15, -0.1) is 0 Å². The zero-order valence-corrected chi connectivity index (χ0v) is 24.1. The Morgan fingerprint density at radius 3 is 1.66 bits per heavy atom. The van der Waals surface area contributed by atoms with E-state index in [9.17, 15) is 0 Å². The number of fused-ring (bicyclic) bond motifs is 3. The second-order valence-corrected chi connectivity index (χ2v) is 11.0. The summed E-state index contributed by atoms with van der Waals surface area (Å²) in [5.41, 5.74) is 10.4. The quantitative estimate of drug-likeness (QED) is 0.208. The highest BCUT2D eigenvalue weighted by atomic mass is 16.3. The SMILES string of the molecule is Cc1ccc(-c2ccc3oc4ccccc4c3c2)cc1-c1cccc(-c2nc(-c3ccccc3)nc(-c3ccccc3)n2)c1. The molecule has 208 valence electrons. The van der Waals surface area contributed by atoms with Crippen LogP contribution < -0.4 is 0 Å². The van der Waals surface area contributed by atoms with Gasteiger partial charge >= 0.3 is 0 Å². The monoisotopic (exact) mass is 565 g/mol. The van der Waals surface area contributed by atoms with Crippen LogP contribution in [0, 0.1) is 6.92 Å². The van der Waals surface area contributed by atoms with Gasteiger partial charge in [-0.2, -0.15) is 0 Å². The summed E-state index contributed by atoms with van der Waals surface area (Å²) in [5, 5.41) is 2.26.